The lowest BCUT2D eigenvalue weighted by Crippen LogP contribution is -2.20. The summed E-state index contributed by atoms with van der Waals surface area (Å²) in [6, 6.07) is 0. The van der Waals surface area contributed by atoms with Crippen LogP contribution in [-0.2, 0) is 9.53 Å². The molecule has 0 aromatic rings. The molecule has 0 aromatic carbocycles. The van der Waals surface area contributed by atoms with Crippen LogP contribution in [-0.4, -0.2) is 12.6 Å². The van der Waals surface area contributed by atoms with Crippen LogP contribution in [0.15, 0.2) is 0 Å². The molecule has 0 N–H and O–H groups in total. The number of carbonyl (C=O) groups is 1. The number of unbranched alkanes of at least 4 members (excludes halogenated alkanes) is 17. The van der Waals surface area contributed by atoms with Crippen molar-refractivity contribution >= 4 is 5.97 Å². The molecule has 0 aliphatic rings. The van der Waals surface area contributed by atoms with Crippen LogP contribution in [0.4, 0.5) is 0 Å². The van der Waals surface area contributed by atoms with E-state index in [-0.39, 0.29) is 11.9 Å². The van der Waals surface area contributed by atoms with Crippen LogP contribution in [0.2, 0.25) is 0 Å². The normalized spacial score (nSPS) is 13.2. The molecule has 0 saturated heterocycles. The molecule has 0 amide bonds. The quantitative estimate of drug-likeness (QED) is 0.0935. The minimum atomic E-state index is 0.0465. The fourth-order valence-electron chi connectivity index (χ4n) is 4.78. The molecule has 0 spiro atoms. The van der Waals surface area contributed by atoms with Gasteiger partial charge in [-0.3, -0.25) is 4.79 Å². The van der Waals surface area contributed by atoms with E-state index in [2.05, 4.69) is 27.7 Å². The lowest BCUT2D eigenvalue weighted by molar-refractivity contribution is -0.149. The molecule has 2 nitrogen and oxygen atoms in total. The Balaban J connectivity index is 4.02. The van der Waals surface area contributed by atoms with Gasteiger partial charge in [-0.15, -0.1) is 0 Å². The van der Waals surface area contributed by atoms with Gasteiger partial charge in [-0.1, -0.05) is 156 Å². The highest BCUT2D eigenvalue weighted by Crippen LogP contribution is 2.21. The van der Waals surface area contributed by atoms with Crippen LogP contribution in [0.5, 0.6) is 0 Å². The van der Waals surface area contributed by atoms with Crippen LogP contribution in [0.3, 0.4) is 0 Å². The SMILES string of the molecule is CCCCCCCCCCCCC(CCCCCC)COC(=O)C(C)CCCCCCCC. The summed E-state index contributed by atoms with van der Waals surface area (Å²) >= 11 is 0. The van der Waals surface area contributed by atoms with Gasteiger partial charge in [-0.05, 0) is 25.2 Å². The number of rotatable bonds is 26. The highest BCUT2D eigenvalue weighted by atomic mass is 16.5. The lowest BCUT2D eigenvalue weighted by Gasteiger charge is -2.19. The van der Waals surface area contributed by atoms with Crippen molar-refractivity contribution in [1.29, 1.82) is 0 Å². The van der Waals surface area contributed by atoms with E-state index in [0.717, 1.165) is 6.42 Å². The number of carbonyl (C=O) groups excluding carboxylic acids is 1. The third kappa shape index (κ3) is 23.0. The Hall–Kier alpha value is -0.530. The van der Waals surface area contributed by atoms with Crippen LogP contribution >= 0.6 is 0 Å². The molecule has 0 aromatic heterocycles. The van der Waals surface area contributed by atoms with E-state index in [0.29, 0.717) is 12.5 Å². The molecule has 0 fully saturated rings. The number of esters is 1. The molecule has 0 aliphatic heterocycles. The van der Waals surface area contributed by atoms with Crippen molar-refractivity contribution in [2.75, 3.05) is 6.61 Å². The number of ether oxygens (including phenoxy) is 1. The Bertz CT molecular complexity index is 392. The molecule has 0 radical (unpaired) electrons. The predicted molar refractivity (Wildman–Crippen MR) is 147 cm³/mol. The molecule has 2 unspecified atom stereocenters. The molecule has 0 heterocycles. The van der Waals surface area contributed by atoms with E-state index >= 15 is 0 Å². The fourth-order valence-corrected chi connectivity index (χ4v) is 4.78. The molecular weight excluding hydrogens is 404 g/mol. The van der Waals surface area contributed by atoms with Crippen molar-refractivity contribution in [3.8, 4) is 0 Å². The Labute approximate surface area is 209 Å². The minimum absolute atomic E-state index is 0.0465. The van der Waals surface area contributed by atoms with Gasteiger partial charge in [-0.25, -0.2) is 0 Å². The smallest absolute Gasteiger partial charge is 0.308 e. The largest absolute Gasteiger partial charge is 0.465 e. The average Bonchev–Trinajstić information content (AvgIpc) is 2.82. The van der Waals surface area contributed by atoms with Crippen molar-refractivity contribution in [2.45, 2.75) is 175 Å². The maximum atomic E-state index is 12.5. The van der Waals surface area contributed by atoms with Gasteiger partial charge in [0, 0.05) is 0 Å². The Kier molecular flexibility index (Phi) is 25.7. The van der Waals surface area contributed by atoms with E-state index in [1.807, 2.05) is 0 Å². The predicted octanol–water partition coefficient (Wildman–Crippen LogP) is 10.8. The average molecular weight is 467 g/mol. The van der Waals surface area contributed by atoms with Crippen LogP contribution < -0.4 is 0 Å². The van der Waals surface area contributed by atoms with Crippen molar-refractivity contribution in [1.82, 2.24) is 0 Å². The standard InChI is InChI=1S/C31H62O2/c1-5-8-11-14-16-17-18-19-21-24-27-30(26-23-13-10-7-3)28-33-31(32)29(4)25-22-20-15-12-9-6-2/h29-30H,5-28H2,1-4H3. The van der Waals surface area contributed by atoms with E-state index < -0.39 is 0 Å². The molecule has 33 heavy (non-hydrogen) atoms. The van der Waals surface area contributed by atoms with Crippen molar-refractivity contribution in [2.24, 2.45) is 11.8 Å². The van der Waals surface area contributed by atoms with Crippen molar-refractivity contribution in [3.63, 3.8) is 0 Å². The maximum Gasteiger partial charge on any atom is 0.308 e. The summed E-state index contributed by atoms with van der Waals surface area (Å²) in [7, 11) is 0. The van der Waals surface area contributed by atoms with Gasteiger partial charge in [0.15, 0.2) is 0 Å². The molecule has 0 saturated carbocycles. The Morgan fingerprint density at radius 1 is 0.515 bits per heavy atom. The first-order valence-corrected chi connectivity index (χ1v) is 15.3. The summed E-state index contributed by atoms with van der Waals surface area (Å²) in [4.78, 5) is 12.5. The molecule has 198 valence electrons. The molecule has 2 heteroatoms. The van der Waals surface area contributed by atoms with Crippen molar-refractivity contribution in [3.05, 3.63) is 0 Å². The van der Waals surface area contributed by atoms with E-state index in [4.69, 9.17) is 4.74 Å². The highest BCUT2D eigenvalue weighted by molar-refractivity contribution is 5.71. The summed E-state index contributed by atoms with van der Waals surface area (Å²) in [5, 5.41) is 0. The zero-order valence-electron chi connectivity index (χ0n) is 23.4. The lowest BCUT2D eigenvalue weighted by atomic mass is 9.94. The number of hydrogen-bond donors (Lipinski definition) is 0. The molecule has 0 aliphatic carbocycles. The second kappa shape index (κ2) is 26.1. The van der Waals surface area contributed by atoms with Gasteiger partial charge in [0.05, 0.1) is 12.5 Å². The number of hydrogen-bond acceptors (Lipinski definition) is 2. The second-order valence-electron chi connectivity index (χ2n) is 10.8. The zero-order chi connectivity index (χ0) is 24.4. The first-order valence-electron chi connectivity index (χ1n) is 15.3. The van der Waals surface area contributed by atoms with Gasteiger partial charge in [-0.2, -0.15) is 0 Å². The first kappa shape index (κ1) is 32.5. The minimum Gasteiger partial charge on any atom is -0.465 e. The molecule has 0 bridgehead atoms. The first-order chi connectivity index (χ1) is 16.2. The zero-order valence-corrected chi connectivity index (χ0v) is 23.4. The molecular formula is C31H62O2. The van der Waals surface area contributed by atoms with Crippen LogP contribution in [0.25, 0.3) is 0 Å². The third-order valence-corrected chi connectivity index (χ3v) is 7.29. The molecule has 2 atom stereocenters. The van der Waals surface area contributed by atoms with Gasteiger partial charge < -0.3 is 4.74 Å². The summed E-state index contributed by atoms with van der Waals surface area (Å²) in [6.07, 6.45) is 30.3. The molecule has 0 rings (SSSR count). The monoisotopic (exact) mass is 466 g/mol. The summed E-state index contributed by atoms with van der Waals surface area (Å²) in [6.45, 7) is 9.53. The Morgan fingerprint density at radius 3 is 1.27 bits per heavy atom. The highest BCUT2D eigenvalue weighted by Gasteiger charge is 2.17. The summed E-state index contributed by atoms with van der Waals surface area (Å²) in [5.41, 5.74) is 0. The van der Waals surface area contributed by atoms with Gasteiger partial charge in [0.2, 0.25) is 0 Å². The van der Waals surface area contributed by atoms with E-state index in [1.54, 1.807) is 0 Å². The second-order valence-corrected chi connectivity index (χ2v) is 10.8. The fraction of sp³-hybridized carbons (Fsp3) is 0.968. The van der Waals surface area contributed by atoms with Gasteiger partial charge in [0.1, 0.15) is 0 Å². The maximum absolute atomic E-state index is 12.5. The van der Waals surface area contributed by atoms with E-state index in [9.17, 15) is 4.79 Å². The van der Waals surface area contributed by atoms with Crippen LogP contribution in [0.1, 0.15) is 175 Å². The third-order valence-electron chi connectivity index (χ3n) is 7.29. The topological polar surface area (TPSA) is 26.3 Å². The van der Waals surface area contributed by atoms with E-state index in [1.165, 1.54) is 141 Å². The van der Waals surface area contributed by atoms with Gasteiger partial charge >= 0.3 is 5.97 Å². The summed E-state index contributed by atoms with van der Waals surface area (Å²) in [5.74, 6) is 0.681. The summed E-state index contributed by atoms with van der Waals surface area (Å²) < 4.78 is 5.82. The van der Waals surface area contributed by atoms with Crippen molar-refractivity contribution < 1.29 is 9.53 Å². The van der Waals surface area contributed by atoms with Gasteiger partial charge in [0.25, 0.3) is 0 Å². The van der Waals surface area contributed by atoms with Crippen LogP contribution in [0, 0.1) is 11.8 Å². The Morgan fingerprint density at radius 2 is 0.848 bits per heavy atom.